The summed E-state index contributed by atoms with van der Waals surface area (Å²) in [7, 11) is -7.73. The molecule has 1 aliphatic carbocycles. The van der Waals surface area contributed by atoms with Crippen molar-refractivity contribution in [3.05, 3.63) is 59.7 Å². The summed E-state index contributed by atoms with van der Waals surface area (Å²) in [5.41, 5.74) is 1.89. The fourth-order valence-corrected chi connectivity index (χ4v) is 4.75. The monoisotopic (exact) mass is 396 g/mol. The van der Waals surface area contributed by atoms with Crippen molar-refractivity contribution in [2.24, 2.45) is 0 Å². The molecular formula is C18H20O6S2. The van der Waals surface area contributed by atoms with Gasteiger partial charge >= 0.3 is 0 Å². The first-order valence-electron chi connectivity index (χ1n) is 8.16. The van der Waals surface area contributed by atoms with Crippen molar-refractivity contribution in [2.75, 3.05) is 0 Å². The Hall–Kier alpha value is -1.74. The molecule has 0 amide bonds. The number of rotatable bonds is 6. The molecule has 0 N–H and O–H groups in total. The van der Waals surface area contributed by atoms with Gasteiger partial charge in [0.15, 0.2) is 0 Å². The number of benzene rings is 2. The maximum Gasteiger partial charge on any atom is 0.297 e. The second-order valence-electron chi connectivity index (χ2n) is 6.44. The summed E-state index contributed by atoms with van der Waals surface area (Å²) in [5, 5.41) is 0. The van der Waals surface area contributed by atoms with Crippen LogP contribution in [0.3, 0.4) is 0 Å². The first-order chi connectivity index (χ1) is 12.2. The van der Waals surface area contributed by atoms with Crippen LogP contribution in [-0.2, 0) is 28.6 Å². The van der Waals surface area contributed by atoms with Gasteiger partial charge in [-0.3, -0.25) is 8.37 Å². The second kappa shape index (κ2) is 7.11. The number of hydrogen-bond donors (Lipinski definition) is 0. The van der Waals surface area contributed by atoms with Crippen LogP contribution in [0.5, 0.6) is 0 Å². The molecule has 0 unspecified atom stereocenters. The van der Waals surface area contributed by atoms with Gasteiger partial charge in [-0.05, 0) is 38.1 Å². The van der Waals surface area contributed by atoms with Gasteiger partial charge in [-0.2, -0.15) is 16.8 Å². The molecule has 26 heavy (non-hydrogen) atoms. The van der Waals surface area contributed by atoms with Crippen LogP contribution >= 0.6 is 0 Å². The Bertz CT molecular complexity index is 889. The van der Waals surface area contributed by atoms with E-state index in [1.54, 1.807) is 24.3 Å². The molecule has 0 atom stereocenters. The molecule has 0 aliphatic heterocycles. The average molecular weight is 396 g/mol. The van der Waals surface area contributed by atoms with E-state index >= 15 is 0 Å². The molecule has 1 aliphatic rings. The first-order valence-corrected chi connectivity index (χ1v) is 11.0. The van der Waals surface area contributed by atoms with Gasteiger partial charge < -0.3 is 0 Å². The van der Waals surface area contributed by atoms with Gasteiger partial charge in [0.1, 0.15) is 0 Å². The minimum absolute atomic E-state index is 0.0831. The van der Waals surface area contributed by atoms with Crippen molar-refractivity contribution < 1.29 is 25.2 Å². The predicted molar refractivity (Wildman–Crippen MR) is 95.7 cm³/mol. The zero-order valence-electron chi connectivity index (χ0n) is 14.5. The molecule has 1 fully saturated rings. The molecule has 2 aromatic rings. The van der Waals surface area contributed by atoms with E-state index in [2.05, 4.69) is 0 Å². The van der Waals surface area contributed by atoms with Gasteiger partial charge in [0, 0.05) is 12.8 Å². The summed E-state index contributed by atoms with van der Waals surface area (Å²) < 4.78 is 59.2. The summed E-state index contributed by atoms with van der Waals surface area (Å²) in [4.78, 5) is 0.166. The highest BCUT2D eigenvalue weighted by molar-refractivity contribution is 7.87. The van der Waals surface area contributed by atoms with Crippen LogP contribution in [0.4, 0.5) is 0 Å². The maximum absolute atomic E-state index is 12.2. The molecule has 0 spiro atoms. The van der Waals surface area contributed by atoms with Crippen LogP contribution in [-0.4, -0.2) is 29.0 Å². The Balaban J connectivity index is 1.57. The van der Waals surface area contributed by atoms with Gasteiger partial charge in [-0.25, -0.2) is 0 Å². The highest BCUT2D eigenvalue weighted by Crippen LogP contribution is 2.32. The number of aryl methyl sites for hydroxylation is 2. The molecule has 0 radical (unpaired) electrons. The minimum atomic E-state index is -3.87. The van der Waals surface area contributed by atoms with Crippen LogP contribution in [0.2, 0.25) is 0 Å². The first kappa shape index (κ1) is 19.0. The van der Waals surface area contributed by atoms with E-state index in [0.29, 0.717) is 0 Å². The van der Waals surface area contributed by atoms with Crippen molar-refractivity contribution in [3.8, 4) is 0 Å². The largest absolute Gasteiger partial charge is 0.297 e. The van der Waals surface area contributed by atoms with Crippen LogP contribution in [0.1, 0.15) is 24.0 Å². The molecule has 2 aromatic carbocycles. The maximum atomic E-state index is 12.2. The van der Waals surface area contributed by atoms with Crippen molar-refractivity contribution in [2.45, 2.75) is 48.7 Å². The van der Waals surface area contributed by atoms with Gasteiger partial charge in [0.05, 0.1) is 22.0 Å². The lowest BCUT2D eigenvalue weighted by atomic mass is 9.93. The molecule has 0 saturated heterocycles. The third-order valence-electron chi connectivity index (χ3n) is 4.20. The Kier molecular flexibility index (Phi) is 5.21. The molecule has 6 nitrogen and oxygen atoms in total. The highest BCUT2D eigenvalue weighted by atomic mass is 32.2. The topological polar surface area (TPSA) is 86.7 Å². The Morgan fingerprint density at radius 1 is 0.654 bits per heavy atom. The van der Waals surface area contributed by atoms with Crippen LogP contribution < -0.4 is 0 Å². The summed E-state index contributed by atoms with van der Waals surface area (Å²) >= 11 is 0. The van der Waals surface area contributed by atoms with Gasteiger partial charge in [-0.1, -0.05) is 35.4 Å². The van der Waals surface area contributed by atoms with E-state index in [4.69, 9.17) is 8.37 Å². The Morgan fingerprint density at radius 2 is 0.962 bits per heavy atom. The molecule has 0 bridgehead atoms. The standard InChI is InChI=1S/C18H20O6S2/c1-13-3-7-17(8-4-13)25(19,20)23-15-11-16(12-15)24-26(21,22)18-9-5-14(2)6-10-18/h3-10,15-16H,11-12H2,1-2H3/t15-,16+. The molecule has 1 saturated carbocycles. The van der Waals surface area contributed by atoms with Crippen LogP contribution in [0.25, 0.3) is 0 Å². The van der Waals surface area contributed by atoms with Crippen molar-refractivity contribution >= 4 is 20.2 Å². The Labute approximate surface area is 154 Å². The van der Waals surface area contributed by atoms with Crippen LogP contribution in [0, 0.1) is 13.8 Å². The zero-order chi connectivity index (χ0) is 18.9. The smallest absolute Gasteiger partial charge is 0.263 e. The molecule has 8 heteroatoms. The zero-order valence-corrected chi connectivity index (χ0v) is 16.1. The second-order valence-corrected chi connectivity index (χ2v) is 9.59. The molecule has 140 valence electrons. The van der Waals surface area contributed by atoms with Gasteiger partial charge in [0.2, 0.25) is 0 Å². The van der Waals surface area contributed by atoms with Crippen molar-refractivity contribution in [1.82, 2.24) is 0 Å². The fraction of sp³-hybridized carbons (Fsp3) is 0.333. The summed E-state index contributed by atoms with van der Waals surface area (Å²) in [5.74, 6) is 0. The van der Waals surface area contributed by atoms with E-state index in [1.165, 1.54) is 24.3 Å². The normalized spacial score (nSPS) is 20.5. The van der Waals surface area contributed by atoms with E-state index in [9.17, 15) is 16.8 Å². The minimum Gasteiger partial charge on any atom is -0.263 e. The third kappa shape index (κ3) is 4.32. The molecule has 0 aromatic heterocycles. The lowest BCUT2D eigenvalue weighted by Crippen LogP contribution is -2.40. The van der Waals surface area contributed by atoms with Gasteiger partial charge in [-0.15, -0.1) is 0 Å². The Morgan fingerprint density at radius 3 is 1.27 bits per heavy atom. The van der Waals surface area contributed by atoms with Crippen LogP contribution in [0.15, 0.2) is 58.3 Å². The summed E-state index contributed by atoms with van der Waals surface area (Å²) in [6, 6.07) is 12.7. The van der Waals surface area contributed by atoms with E-state index in [1.807, 2.05) is 13.8 Å². The summed E-state index contributed by atoms with van der Waals surface area (Å²) in [6.45, 7) is 3.72. The lowest BCUT2D eigenvalue weighted by Gasteiger charge is -2.33. The molecule has 0 heterocycles. The highest BCUT2D eigenvalue weighted by Gasteiger charge is 2.38. The van der Waals surface area contributed by atoms with Crippen molar-refractivity contribution in [1.29, 1.82) is 0 Å². The summed E-state index contributed by atoms with van der Waals surface area (Å²) in [6.07, 6.45) is -0.758. The third-order valence-corrected chi connectivity index (χ3v) is 6.95. The average Bonchev–Trinajstić information content (AvgIpc) is 2.53. The number of hydrogen-bond acceptors (Lipinski definition) is 6. The molecular weight excluding hydrogens is 376 g/mol. The van der Waals surface area contributed by atoms with E-state index in [-0.39, 0.29) is 22.6 Å². The quantitative estimate of drug-likeness (QED) is 0.698. The molecule has 3 rings (SSSR count). The van der Waals surface area contributed by atoms with E-state index < -0.39 is 32.4 Å². The fourth-order valence-electron chi connectivity index (χ4n) is 2.55. The van der Waals surface area contributed by atoms with Gasteiger partial charge in [0.25, 0.3) is 20.2 Å². The SMILES string of the molecule is Cc1ccc(S(=O)(=O)O[C@H]2C[C@@H](OS(=O)(=O)c3ccc(C)cc3)C2)cc1. The van der Waals surface area contributed by atoms with Crippen molar-refractivity contribution in [3.63, 3.8) is 0 Å². The van der Waals surface area contributed by atoms with E-state index in [0.717, 1.165) is 11.1 Å². The predicted octanol–water partition coefficient (Wildman–Crippen LogP) is 2.95. The lowest BCUT2D eigenvalue weighted by molar-refractivity contribution is 0.0123.